The third-order valence-corrected chi connectivity index (χ3v) is 4.68. The summed E-state index contributed by atoms with van der Waals surface area (Å²) in [6, 6.07) is 0. The zero-order chi connectivity index (χ0) is 29.2. The van der Waals surface area contributed by atoms with Crippen LogP contribution in [0.2, 0.25) is 0 Å². The molecule has 1 aliphatic heterocycles. The van der Waals surface area contributed by atoms with Crippen LogP contribution >= 0.6 is 0 Å². The van der Waals surface area contributed by atoms with Gasteiger partial charge in [-0.15, -0.1) is 0 Å². The minimum atomic E-state index is -1.37. The molecule has 14 nitrogen and oxygen atoms in total. The van der Waals surface area contributed by atoms with E-state index in [2.05, 4.69) is 5.32 Å². The van der Waals surface area contributed by atoms with E-state index in [1.807, 2.05) is 0 Å². The molecule has 1 N–H and O–H groups in total. The quantitative estimate of drug-likeness (QED) is 0.247. The van der Waals surface area contributed by atoms with Gasteiger partial charge in [-0.05, 0) is 27.2 Å². The summed E-state index contributed by atoms with van der Waals surface area (Å²) < 4.78 is 36.9. The lowest BCUT2D eigenvalue weighted by molar-refractivity contribution is -0.251. The van der Waals surface area contributed by atoms with Crippen molar-refractivity contribution in [2.75, 3.05) is 13.7 Å². The Morgan fingerprint density at radius 1 is 0.789 bits per heavy atom. The Kier molecular flexibility index (Phi) is 12.2. The molecule has 0 aromatic heterocycles. The second kappa shape index (κ2) is 14.3. The fourth-order valence-corrected chi connectivity index (χ4v) is 3.45. The fraction of sp³-hybridized carbons (Fsp3) is 0.667. The van der Waals surface area contributed by atoms with E-state index in [-0.39, 0.29) is 12.1 Å². The van der Waals surface area contributed by atoms with Crippen molar-refractivity contribution in [2.24, 2.45) is 0 Å². The van der Waals surface area contributed by atoms with Gasteiger partial charge in [-0.2, -0.15) is 0 Å². The average molecular weight is 546 g/mol. The molecule has 5 atom stereocenters. The lowest BCUT2D eigenvalue weighted by atomic mass is 9.92. The highest BCUT2D eigenvalue weighted by Gasteiger charge is 2.51. The highest BCUT2D eigenvalue weighted by atomic mass is 16.7. The minimum Gasteiger partial charge on any atom is -0.464 e. The molecule has 0 aliphatic carbocycles. The molecule has 14 heteroatoms. The van der Waals surface area contributed by atoms with Crippen LogP contribution in [0.4, 0.5) is 4.79 Å². The van der Waals surface area contributed by atoms with Gasteiger partial charge in [0.1, 0.15) is 30.1 Å². The molecule has 1 rings (SSSR count). The molecule has 1 saturated heterocycles. The third-order valence-electron chi connectivity index (χ3n) is 4.68. The number of carbonyl (C=O) groups is 6. The summed E-state index contributed by atoms with van der Waals surface area (Å²) in [4.78, 5) is 71.6. The van der Waals surface area contributed by atoms with Crippen LogP contribution in [-0.4, -0.2) is 85.8 Å². The van der Waals surface area contributed by atoms with Crippen LogP contribution in [0.1, 0.15) is 54.9 Å². The van der Waals surface area contributed by atoms with Gasteiger partial charge in [0.25, 0.3) is 0 Å². The third kappa shape index (κ3) is 11.2. The predicted molar refractivity (Wildman–Crippen MR) is 126 cm³/mol. The molecule has 1 heterocycles. The molecule has 1 aliphatic rings. The van der Waals surface area contributed by atoms with E-state index >= 15 is 0 Å². The van der Waals surface area contributed by atoms with Gasteiger partial charge in [0.2, 0.25) is 0 Å². The number of nitrogens with one attached hydrogen (secondary N) is 1. The number of amides is 1. The Morgan fingerprint density at radius 2 is 1.29 bits per heavy atom. The molecule has 214 valence electrons. The second-order valence-corrected chi connectivity index (χ2v) is 9.21. The number of esters is 5. The van der Waals surface area contributed by atoms with Crippen LogP contribution in [0.3, 0.4) is 0 Å². The standard InChI is InChI=1S/C24H35NO13/c1-12(26)33-11-18-20(35-14(3)28)21(36-15(4)29)19(34-13(2)27)17(37-18)10-9-16(22(30)32-8)25-23(31)38-24(5,6)7/h9,17-21H,10-11H2,1-8H3,(H,25,31)/b16-9+/t17-,18+,19-,20-,21+/m0/s1. The smallest absolute Gasteiger partial charge is 0.412 e. The van der Waals surface area contributed by atoms with E-state index in [1.165, 1.54) is 6.08 Å². The Morgan fingerprint density at radius 3 is 1.74 bits per heavy atom. The molecule has 38 heavy (non-hydrogen) atoms. The first-order chi connectivity index (χ1) is 17.5. The number of rotatable bonds is 9. The largest absolute Gasteiger partial charge is 0.464 e. The van der Waals surface area contributed by atoms with Gasteiger partial charge < -0.3 is 33.2 Å². The van der Waals surface area contributed by atoms with Gasteiger partial charge in [-0.25, -0.2) is 9.59 Å². The van der Waals surface area contributed by atoms with Gasteiger partial charge in [-0.3, -0.25) is 24.5 Å². The van der Waals surface area contributed by atoms with Crippen molar-refractivity contribution in [1.82, 2.24) is 5.32 Å². The lowest BCUT2D eigenvalue weighted by Crippen LogP contribution is -2.62. The molecule has 1 fully saturated rings. The minimum absolute atomic E-state index is 0.209. The zero-order valence-electron chi connectivity index (χ0n) is 22.7. The molecule has 0 saturated carbocycles. The second-order valence-electron chi connectivity index (χ2n) is 9.21. The van der Waals surface area contributed by atoms with E-state index < -0.39 is 78.7 Å². The summed E-state index contributed by atoms with van der Waals surface area (Å²) >= 11 is 0. The van der Waals surface area contributed by atoms with E-state index in [1.54, 1.807) is 20.8 Å². The summed E-state index contributed by atoms with van der Waals surface area (Å²) in [5.74, 6) is -3.90. The summed E-state index contributed by atoms with van der Waals surface area (Å²) in [5.41, 5.74) is -1.17. The van der Waals surface area contributed by atoms with Gasteiger partial charge in [0.05, 0.1) is 7.11 Å². The number of hydrogen-bond donors (Lipinski definition) is 1. The van der Waals surface area contributed by atoms with Gasteiger partial charge in [0.15, 0.2) is 18.3 Å². The molecule has 0 aromatic carbocycles. The van der Waals surface area contributed by atoms with Crippen molar-refractivity contribution in [3.05, 3.63) is 11.8 Å². The van der Waals surface area contributed by atoms with Crippen molar-refractivity contribution in [3.63, 3.8) is 0 Å². The van der Waals surface area contributed by atoms with Gasteiger partial charge >= 0.3 is 35.9 Å². The topological polar surface area (TPSA) is 179 Å². The van der Waals surface area contributed by atoms with Crippen LogP contribution in [0.5, 0.6) is 0 Å². The number of methoxy groups -OCH3 is 1. The van der Waals surface area contributed by atoms with Crippen LogP contribution in [0, 0.1) is 0 Å². The Hall–Kier alpha value is -3.68. The first kappa shape index (κ1) is 32.3. The van der Waals surface area contributed by atoms with Crippen LogP contribution < -0.4 is 5.32 Å². The Balaban J connectivity index is 3.45. The lowest BCUT2D eigenvalue weighted by Gasteiger charge is -2.44. The number of ether oxygens (including phenoxy) is 7. The molecule has 0 radical (unpaired) electrons. The van der Waals surface area contributed by atoms with Crippen molar-refractivity contribution in [1.29, 1.82) is 0 Å². The summed E-state index contributed by atoms with van der Waals surface area (Å²) in [7, 11) is 1.10. The zero-order valence-corrected chi connectivity index (χ0v) is 22.7. The SMILES string of the molecule is COC(=O)/C(=C\C[C@@H]1O[C@H](COC(C)=O)[C@H](OC(C)=O)[C@H](OC(C)=O)[C@H]1OC(C)=O)NC(=O)OC(C)(C)C. The molecular formula is C24H35NO13. The molecular weight excluding hydrogens is 510 g/mol. The summed E-state index contributed by atoms with van der Waals surface area (Å²) in [6.07, 6.45) is -6.21. The van der Waals surface area contributed by atoms with E-state index in [0.29, 0.717) is 0 Å². The van der Waals surface area contributed by atoms with Crippen LogP contribution in [0.15, 0.2) is 11.8 Å². The van der Waals surface area contributed by atoms with E-state index in [4.69, 9.17) is 33.2 Å². The molecule has 1 amide bonds. The first-order valence-electron chi connectivity index (χ1n) is 11.6. The molecule has 0 unspecified atom stereocenters. The van der Waals surface area contributed by atoms with Crippen LogP contribution in [0.25, 0.3) is 0 Å². The maximum absolute atomic E-state index is 12.3. The predicted octanol–water partition coefficient (Wildman–Crippen LogP) is 1.08. The Bertz CT molecular complexity index is 936. The Labute approximate surface area is 220 Å². The number of carbonyl (C=O) groups excluding carboxylic acids is 6. The van der Waals surface area contributed by atoms with Crippen molar-refractivity contribution < 1.29 is 61.9 Å². The van der Waals surface area contributed by atoms with Crippen LogP contribution in [-0.2, 0) is 57.1 Å². The molecule has 0 aromatic rings. The highest BCUT2D eigenvalue weighted by molar-refractivity contribution is 5.92. The highest BCUT2D eigenvalue weighted by Crippen LogP contribution is 2.31. The fourth-order valence-electron chi connectivity index (χ4n) is 3.45. The maximum Gasteiger partial charge on any atom is 0.412 e. The normalized spacial score (nSPS) is 23.4. The monoisotopic (exact) mass is 545 g/mol. The van der Waals surface area contributed by atoms with E-state index in [0.717, 1.165) is 34.8 Å². The number of alkyl carbamates (subject to hydrolysis) is 1. The number of hydrogen-bond acceptors (Lipinski definition) is 13. The van der Waals surface area contributed by atoms with E-state index in [9.17, 15) is 28.8 Å². The van der Waals surface area contributed by atoms with Gasteiger partial charge in [0, 0.05) is 27.7 Å². The first-order valence-corrected chi connectivity index (χ1v) is 11.6. The van der Waals surface area contributed by atoms with Gasteiger partial charge in [-0.1, -0.05) is 6.08 Å². The molecule has 0 spiro atoms. The summed E-state index contributed by atoms with van der Waals surface area (Å²) in [6.45, 7) is 8.95. The maximum atomic E-state index is 12.3. The summed E-state index contributed by atoms with van der Waals surface area (Å²) in [5, 5.41) is 2.29. The van der Waals surface area contributed by atoms with Crippen molar-refractivity contribution in [2.45, 2.75) is 91.0 Å². The average Bonchev–Trinajstić information content (AvgIpc) is 2.75. The van der Waals surface area contributed by atoms with Crippen molar-refractivity contribution in [3.8, 4) is 0 Å². The van der Waals surface area contributed by atoms with Crippen molar-refractivity contribution >= 4 is 35.9 Å². The molecule has 0 bridgehead atoms.